The summed E-state index contributed by atoms with van der Waals surface area (Å²) in [7, 11) is -3.11. The fourth-order valence-electron chi connectivity index (χ4n) is 5.64. The third-order valence-corrected chi connectivity index (χ3v) is 9.12. The first-order valence-electron chi connectivity index (χ1n) is 14.7. The lowest BCUT2D eigenvalue weighted by atomic mass is 10.0. The van der Waals surface area contributed by atoms with Gasteiger partial charge in [-0.1, -0.05) is 18.2 Å². The number of benzene rings is 2. The Morgan fingerprint density at radius 3 is 2.53 bits per heavy atom. The molecular formula is C31H31F4N7O4S. The van der Waals surface area contributed by atoms with Gasteiger partial charge >= 0.3 is 6.18 Å². The van der Waals surface area contributed by atoms with Crippen molar-refractivity contribution in [3.8, 4) is 28.1 Å². The van der Waals surface area contributed by atoms with Gasteiger partial charge in [-0.25, -0.2) is 17.8 Å². The molecule has 1 aliphatic heterocycles. The Morgan fingerprint density at radius 2 is 1.83 bits per heavy atom. The fraction of sp³-hybridized carbons (Fsp3) is 0.323. The highest BCUT2D eigenvalue weighted by molar-refractivity contribution is 7.92. The first-order chi connectivity index (χ1) is 22.3. The zero-order valence-electron chi connectivity index (χ0n) is 25.3. The van der Waals surface area contributed by atoms with Gasteiger partial charge in [0.2, 0.25) is 10.0 Å². The molecular weight excluding hydrogens is 642 g/mol. The zero-order valence-corrected chi connectivity index (χ0v) is 26.1. The molecule has 1 atom stereocenters. The van der Waals surface area contributed by atoms with Gasteiger partial charge in [0.15, 0.2) is 5.75 Å². The first kappa shape index (κ1) is 32.2. The van der Waals surface area contributed by atoms with E-state index in [9.17, 15) is 26.0 Å². The van der Waals surface area contributed by atoms with Gasteiger partial charge in [-0.2, -0.15) is 23.4 Å². The van der Waals surface area contributed by atoms with Crippen LogP contribution in [0.2, 0.25) is 0 Å². The number of nitrogens with two attached hydrogens (primary N) is 1. The number of fused-ring (bicyclic) bond motifs is 1. The van der Waals surface area contributed by atoms with E-state index in [2.05, 4.69) is 10.1 Å². The van der Waals surface area contributed by atoms with Crippen molar-refractivity contribution in [3.05, 3.63) is 72.4 Å². The Bertz CT molecular complexity index is 2020. The van der Waals surface area contributed by atoms with Crippen LogP contribution in [0.1, 0.15) is 37.5 Å². The van der Waals surface area contributed by atoms with Crippen LogP contribution in [0, 0.1) is 5.82 Å². The number of nitrogen functional groups attached to an aromatic ring is 1. The van der Waals surface area contributed by atoms with Crippen molar-refractivity contribution in [3.63, 3.8) is 0 Å². The molecule has 16 heteroatoms. The number of ether oxygens (including phenoxy) is 2. The van der Waals surface area contributed by atoms with Gasteiger partial charge in [0.1, 0.15) is 29.2 Å². The Balaban J connectivity index is 1.42. The number of aryl methyl sites for hydroxylation is 1. The highest BCUT2D eigenvalue weighted by Gasteiger charge is 2.35. The Labute approximate surface area is 267 Å². The van der Waals surface area contributed by atoms with E-state index in [1.807, 2.05) is 15.6 Å². The minimum atomic E-state index is -4.97. The molecule has 3 N–H and O–H groups in total. The van der Waals surface area contributed by atoms with Gasteiger partial charge in [-0.05, 0) is 49.6 Å². The fourth-order valence-corrected chi connectivity index (χ4v) is 6.64. The predicted molar refractivity (Wildman–Crippen MR) is 168 cm³/mol. The molecule has 0 bridgehead atoms. The van der Waals surface area contributed by atoms with Crippen LogP contribution < -0.4 is 15.2 Å². The topological polar surface area (TPSA) is 139 Å². The number of pyridine rings is 1. The normalized spacial score (nSPS) is 15.2. The molecule has 3 aromatic heterocycles. The van der Waals surface area contributed by atoms with Gasteiger partial charge in [-0.3, -0.25) is 14.1 Å². The molecule has 11 nitrogen and oxygen atoms in total. The SMILES string of the molecule is C[C@H](Oc1cc(-c2nn(C)c3c(-c4cnn(C5CCOCC5)c4)cnc(N)c23)ccc1NS(=O)(=O)CC(F)(F)F)c1ccc(F)cc1. The molecule has 4 heterocycles. The summed E-state index contributed by atoms with van der Waals surface area (Å²) in [4.78, 5) is 4.43. The second-order valence-corrected chi connectivity index (χ2v) is 13.0. The molecule has 0 radical (unpaired) electrons. The number of nitrogens with zero attached hydrogens (tertiary/aromatic N) is 5. The van der Waals surface area contributed by atoms with Gasteiger partial charge in [0.05, 0.1) is 28.8 Å². The summed E-state index contributed by atoms with van der Waals surface area (Å²) >= 11 is 0. The van der Waals surface area contributed by atoms with Crippen LogP contribution in [0.5, 0.6) is 5.75 Å². The lowest BCUT2D eigenvalue weighted by Crippen LogP contribution is -2.28. The maximum Gasteiger partial charge on any atom is 0.404 e. The summed E-state index contributed by atoms with van der Waals surface area (Å²) in [6, 6.07) is 9.91. The molecule has 0 spiro atoms. The van der Waals surface area contributed by atoms with E-state index in [-0.39, 0.29) is 23.3 Å². The maximum absolute atomic E-state index is 13.5. The summed E-state index contributed by atoms with van der Waals surface area (Å²) in [5.41, 5.74) is 9.73. The monoisotopic (exact) mass is 673 g/mol. The highest BCUT2D eigenvalue weighted by atomic mass is 32.2. The lowest BCUT2D eigenvalue weighted by molar-refractivity contribution is -0.106. The number of anilines is 2. The molecule has 0 unspecified atom stereocenters. The molecule has 0 aliphatic carbocycles. The number of sulfonamides is 1. The summed E-state index contributed by atoms with van der Waals surface area (Å²) in [6.45, 7) is 2.96. The highest BCUT2D eigenvalue weighted by Crippen LogP contribution is 2.40. The molecule has 6 rings (SSSR count). The summed E-state index contributed by atoms with van der Waals surface area (Å²) in [5.74, 6) is -2.45. The molecule has 1 fully saturated rings. The molecule has 2 aromatic carbocycles. The molecule has 0 saturated carbocycles. The van der Waals surface area contributed by atoms with Gasteiger partial charge in [0, 0.05) is 49.3 Å². The number of nitrogens with one attached hydrogen (secondary N) is 1. The van der Waals surface area contributed by atoms with E-state index < -0.39 is 33.9 Å². The number of hydrogen-bond donors (Lipinski definition) is 2. The zero-order chi connectivity index (χ0) is 33.5. The quantitative estimate of drug-likeness (QED) is 0.181. The van der Waals surface area contributed by atoms with Crippen molar-refractivity contribution < 1.29 is 35.5 Å². The second-order valence-electron chi connectivity index (χ2n) is 11.3. The molecule has 1 saturated heterocycles. The molecule has 1 aliphatic rings. The van der Waals surface area contributed by atoms with Crippen molar-refractivity contribution in [1.82, 2.24) is 24.5 Å². The summed E-state index contributed by atoms with van der Waals surface area (Å²) in [5, 5.41) is 9.80. The minimum Gasteiger partial charge on any atom is -0.484 e. The van der Waals surface area contributed by atoms with Gasteiger partial charge in [0.25, 0.3) is 0 Å². The molecule has 5 aromatic rings. The number of hydrogen-bond acceptors (Lipinski definition) is 8. The van der Waals surface area contributed by atoms with Crippen molar-refractivity contribution in [2.45, 2.75) is 38.1 Å². The largest absolute Gasteiger partial charge is 0.484 e. The summed E-state index contributed by atoms with van der Waals surface area (Å²) in [6.07, 6.45) is 1.32. The first-order valence-corrected chi connectivity index (χ1v) is 16.3. The van der Waals surface area contributed by atoms with Gasteiger partial charge in [-0.15, -0.1) is 0 Å². The van der Waals surface area contributed by atoms with Crippen LogP contribution in [-0.2, 0) is 21.8 Å². The van der Waals surface area contributed by atoms with E-state index in [1.54, 1.807) is 31.0 Å². The van der Waals surface area contributed by atoms with E-state index >= 15 is 0 Å². The standard InChI is InChI=1S/C31H31F4N7O4S/c1-18(19-3-6-22(32)7-4-19)46-26-13-20(5-8-25(26)40-47(43,44)17-31(33,34)35)28-27-29(41(2)39-28)24(15-37-30(27)36)21-14-38-42(16-21)23-9-11-45-12-10-23/h3-8,13-16,18,23,40H,9-12,17H2,1-2H3,(H2,36,37)/t18-/m0/s1. The van der Waals surface area contributed by atoms with Crippen LogP contribution in [-0.4, -0.2) is 58.1 Å². The molecule has 47 heavy (non-hydrogen) atoms. The van der Waals surface area contributed by atoms with Crippen molar-refractivity contribution in [1.29, 1.82) is 0 Å². The second kappa shape index (κ2) is 12.5. The maximum atomic E-state index is 13.5. The van der Waals surface area contributed by atoms with Gasteiger partial charge < -0.3 is 15.2 Å². The number of rotatable bonds is 9. The Hall–Kier alpha value is -4.70. The summed E-state index contributed by atoms with van der Waals surface area (Å²) < 4.78 is 94.6. The van der Waals surface area contributed by atoms with Crippen LogP contribution in [0.4, 0.5) is 29.1 Å². The van der Waals surface area contributed by atoms with E-state index in [4.69, 9.17) is 20.3 Å². The Morgan fingerprint density at radius 1 is 1.11 bits per heavy atom. The van der Waals surface area contributed by atoms with Crippen LogP contribution in [0.25, 0.3) is 33.3 Å². The number of halogens is 4. The van der Waals surface area contributed by atoms with Crippen LogP contribution in [0.15, 0.2) is 61.1 Å². The van der Waals surface area contributed by atoms with E-state index in [0.717, 1.165) is 24.0 Å². The predicted octanol–water partition coefficient (Wildman–Crippen LogP) is 6.02. The van der Waals surface area contributed by atoms with Crippen LogP contribution >= 0.6 is 0 Å². The van der Waals surface area contributed by atoms with Crippen molar-refractivity contribution in [2.75, 3.05) is 29.4 Å². The number of aromatic nitrogens is 5. The van der Waals surface area contributed by atoms with E-state index in [0.29, 0.717) is 40.9 Å². The number of alkyl halides is 3. The average Bonchev–Trinajstić information content (AvgIpc) is 3.64. The average molecular weight is 674 g/mol. The van der Waals surface area contributed by atoms with Crippen molar-refractivity contribution in [2.24, 2.45) is 7.05 Å². The van der Waals surface area contributed by atoms with E-state index in [1.165, 1.54) is 42.5 Å². The lowest BCUT2D eigenvalue weighted by Gasteiger charge is -2.22. The molecule has 248 valence electrons. The smallest absolute Gasteiger partial charge is 0.404 e. The third-order valence-electron chi connectivity index (χ3n) is 7.89. The Kier molecular flexibility index (Phi) is 8.57. The van der Waals surface area contributed by atoms with Crippen LogP contribution in [0.3, 0.4) is 0 Å². The minimum absolute atomic E-state index is 0.0794. The molecule has 0 amide bonds. The van der Waals surface area contributed by atoms with Crippen molar-refractivity contribution >= 4 is 32.4 Å². The third kappa shape index (κ3) is 7.02.